The summed E-state index contributed by atoms with van der Waals surface area (Å²) in [4.78, 5) is 2.39. The molecular formula is C17H28N2O2. The Labute approximate surface area is 128 Å². The van der Waals surface area contributed by atoms with Gasteiger partial charge < -0.3 is 20.1 Å². The number of hydrogen-bond donors (Lipinski definition) is 1. The van der Waals surface area contributed by atoms with Gasteiger partial charge in [-0.15, -0.1) is 0 Å². The minimum absolute atomic E-state index is 0.0886. The third-order valence-corrected chi connectivity index (χ3v) is 4.32. The molecule has 0 spiro atoms. The van der Waals surface area contributed by atoms with Crippen molar-refractivity contribution in [1.82, 2.24) is 0 Å². The first-order chi connectivity index (χ1) is 10.1. The number of rotatable bonds is 7. The standard InChI is InChI=1S/C17H28N2O2/c1-4-17(5-2)13-19(9-11-20-10-8-18)15-7-6-14(3)12-16(15)21-17/h6-7,12H,4-5,8-11,13,18H2,1-3H3. The lowest BCUT2D eigenvalue weighted by atomic mass is 9.93. The molecule has 2 N–H and O–H groups in total. The van der Waals surface area contributed by atoms with Crippen molar-refractivity contribution in [3.8, 4) is 5.75 Å². The Morgan fingerprint density at radius 1 is 1.29 bits per heavy atom. The minimum Gasteiger partial charge on any atom is -0.483 e. The molecule has 1 aromatic carbocycles. The summed E-state index contributed by atoms with van der Waals surface area (Å²) >= 11 is 0. The van der Waals surface area contributed by atoms with Crippen LogP contribution in [0.25, 0.3) is 0 Å². The average molecular weight is 292 g/mol. The summed E-state index contributed by atoms with van der Waals surface area (Å²) in [5.41, 5.74) is 7.79. The molecule has 1 aromatic rings. The predicted octanol–water partition coefficient (Wildman–Crippen LogP) is 2.73. The van der Waals surface area contributed by atoms with Crippen LogP contribution in [0, 0.1) is 6.92 Å². The van der Waals surface area contributed by atoms with E-state index in [-0.39, 0.29) is 5.60 Å². The Kier molecular flexibility index (Phi) is 5.48. The van der Waals surface area contributed by atoms with Crippen molar-refractivity contribution >= 4 is 5.69 Å². The van der Waals surface area contributed by atoms with Crippen LogP contribution in [-0.4, -0.2) is 38.4 Å². The third-order valence-electron chi connectivity index (χ3n) is 4.32. The highest BCUT2D eigenvalue weighted by Crippen LogP contribution is 2.40. The highest BCUT2D eigenvalue weighted by molar-refractivity contribution is 5.62. The Bertz CT molecular complexity index is 458. The Hall–Kier alpha value is -1.26. The maximum atomic E-state index is 6.35. The van der Waals surface area contributed by atoms with Gasteiger partial charge in [-0.3, -0.25) is 0 Å². The van der Waals surface area contributed by atoms with E-state index in [0.717, 1.165) is 31.7 Å². The van der Waals surface area contributed by atoms with Gasteiger partial charge in [0.2, 0.25) is 0 Å². The number of nitrogens with zero attached hydrogens (tertiary/aromatic N) is 1. The molecule has 1 aliphatic heterocycles. The second-order valence-corrected chi connectivity index (χ2v) is 5.79. The zero-order chi connectivity index (χ0) is 15.3. The van der Waals surface area contributed by atoms with Gasteiger partial charge >= 0.3 is 0 Å². The lowest BCUT2D eigenvalue weighted by Crippen LogP contribution is -2.51. The summed E-state index contributed by atoms with van der Waals surface area (Å²) in [5, 5.41) is 0. The van der Waals surface area contributed by atoms with E-state index in [2.05, 4.69) is 43.9 Å². The largest absolute Gasteiger partial charge is 0.483 e. The molecule has 0 saturated heterocycles. The van der Waals surface area contributed by atoms with Crippen LogP contribution in [0.1, 0.15) is 32.3 Å². The first-order valence-electron chi connectivity index (χ1n) is 7.96. The van der Waals surface area contributed by atoms with E-state index in [1.165, 1.54) is 11.3 Å². The number of anilines is 1. The number of ether oxygens (including phenoxy) is 2. The van der Waals surface area contributed by atoms with E-state index in [0.29, 0.717) is 19.8 Å². The summed E-state index contributed by atoms with van der Waals surface area (Å²) in [6.07, 6.45) is 2.02. The van der Waals surface area contributed by atoms with Crippen molar-refractivity contribution in [2.45, 2.75) is 39.2 Å². The molecule has 1 heterocycles. The molecule has 0 unspecified atom stereocenters. The van der Waals surface area contributed by atoms with Gasteiger partial charge in [0.1, 0.15) is 11.4 Å². The summed E-state index contributed by atoms with van der Waals surface area (Å²) in [6.45, 7) is 10.2. The zero-order valence-electron chi connectivity index (χ0n) is 13.5. The molecule has 0 bridgehead atoms. The van der Waals surface area contributed by atoms with Crippen molar-refractivity contribution < 1.29 is 9.47 Å². The maximum Gasteiger partial charge on any atom is 0.143 e. The van der Waals surface area contributed by atoms with Gasteiger partial charge in [-0.25, -0.2) is 0 Å². The number of nitrogens with two attached hydrogens (primary N) is 1. The average Bonchev–Trinajstić information content (AvgIpc) is 2.50. The molecule has 2 rings (SSSR count). The van der Waals surface area contributed by atoms with Crippen LogP contribution in [0.4, 0.5) is 5.69 Å². The van der Waals surface area contributed by atoms with Crippen LogP contribution < -0.4 is 15.4 Å². The number of aryl methyl sites for hydroxylation is 1. The molecule has 21 heavy (non-hydrogen) atoms. The van der Waals surface area contributed by atoms with Crippen LogP contribution in [-0.2, 0) is 4.74 Å². The number of fused-ring (bicyclic) bond motifs is 1. The Morgan fingerprint density at radius 2 is 2.05 bits per heavy atom. The molecule has 0 aromatic heterocycles. The maximum absolute atomic E-state index is 6.35. The van der Waals surface area contributed by atoms with Crippen LogP contribution in [0.15, 0.2) is 18.2 Å². The fourth-order valence-corrected chi connectivity index (χ4v) is 2.84. The van der Waals surface area contributed by atoms with E-state index in [1.54, 1.807) is 0 Å². The molecule has 4 heteroatoms. The predicted molar refractivity (Wildman–Crippen MR) is 87.2 cm³/mol. The molecule has 0 radical (unpaired) electrons. The smallest absolute Gasteiger partial charge is 0.143 e. The first kappa shape index (κ1) is 16.1. The van der Waals surface area contributed by atoms with Gasteiger partial charge in [-0.05, 0) is 37.5 Å². The van der Waals surface area contributed by atoms with Gasteiger partial charge in [-0.2, -0.15) is 0 Å². The second-order valence-electron chi connectivity index (χ2n) is 5.79. The lowest BCUT2D eigenvalue weighted by molar-refractivity contribution is 0.0544. The summed E-state index contributed by atoms with van der Waals surface area (Å²) in [7, 11) is 0. The van der Waals surface area contributed by atoms with Crippen molar-refractivity contribution in [2.24, 2.45) is 5.73 Å². The van der Waals surface area contributed by atoms with E-state index in [4.69, 9.17) is 15.2 Å². The summed E-state index contributed by atoms with van der Waals surface area (Å²) < 4.78 is 11.9. The van der Waals surface area contributed by atoms with Gasteiger partial charge in [0.05, 0.1) is 25.4 Å². The highest BCUT2D eigenvalue weighted by atomic mass is 16.5. The highest BCUT2D eigenvalue weighted by Gasteiger charge is 2.36. The zero-order valence-corrected chi connectivity index (χ0v) is 13.5. The van der Waals surface area contributed by atoms with E-state index >= 15 is 0 Å². The Morgan fingerprint density at radius 3 is 2.71 bits per heavy atom. The SMILES string of the molecule is CCC1(CC)CN(CCOCCN)c2ccc(C)cc2O1. The van der Waals surface area contributed by atoms with Crippen molar-refractivity contribution in [3.63, 3.8) is 0 Å². The Balaban J connectivity index is 2.18. The van der Waals surface area contributed by atoms with Crippen molar-refractivity contribution in [2.75, 3.05) is 37.7 Å². The van der Waals surface area contributed by atoms with E-state index < -0.39 is 0 Å². The molecule has 0 saturated carbocycles. The van der Waals surface area contributed by atoms with Crippen LogP contribution in [0.2, 0.25) is 0 Å². The number of benzene rings is 1. The molecular weight excluding hydrogens is 264 g/mol. The van der Waals surface area contributed by atoms with Gasteiger partial charge in [0.25, 0.3) is 0 Å². The van der Waals surface area contributed by atoms with Gasteiger partial charge in [-0.1, -0.05) is 19.9 Å². The van der Waals surface area contributed by atoms with E-state index in [1.807, 2.05) is 0 Å². The molecule has 0 amide bonds. The van der Waals surface area contributed by atoms with Crippen LogP contribution >= 0.6 is 0 Å². The summed E-state index contributed by atoms with van der Waals surface area (Å²) in [6, 6.07) is 6.44. The molecule has 0 aliphatic carbocycles. The van der Waals surface area contributed by atoms with Crippen molar-refractivity contribution in [3.05, 3.63) is 23.8 Å². The fraction of sp³-hybridized carbons (Fsp3) is 0.647. The topological polar surface area (TPSA) is 47.7 Å². The van der Waals surface area contributed by atoms with Crippen LogP contribution in [0.3, 0.4) is 0 Å². The van der Waals surface area contributed by atoms with Crippen LogP contribution in [0.5, 0.6) is 5.75 Å². The lowest BCUT2D eigenvalue weighted by Gasteiger charge is -2.44. The third kappa shape index (κ3) is 3.69. The second kappa shape index (κ2) is 7.14. The van der Waals surface area contributed by atoms with Crippen molar-refractivity contribution in [1.29, 1.82) is 0 Å². The minimum atomic E-state index is -0.0886. The normalized spacial score (nSPS) is 16.5. The van der Waals surface area contributed by atoms with E-state index in [9.17, 15) is 0 Å². The fourth-order valence-electron chi connectivity index (χ4n) is 2.84. The molecule has 0 fully saturated rings. The first-order valence-corrected chi connectivity index (χ1v) is 7.96. The van der Waals surface area contributed by atoms with Gasteiger partial charge in [0.15, 0.2) is 0 Å². The molecule has 118 valence electrons. The summed E-state index contributed by atoms with van der Waals surface area (Å²) in [5.74, 6) is 1.00. The van der Waals surface area contributed by atoms with Gasteiger partial charge in [0, 0.05) is 13.1 Å². The molecule has 0 atom stereocenters. The molecule has 4 nitrogen and oxygen atoms in total. The monoisotopic (exact) mass is 292 g/mol. The number of hydrogen-bond acceptors (Lipinski definition) is 4. The molecule has 1 aliphatic rings. The quantitative estimate of drug-likeness (QED) is 0.785.